The molecule has 1 unspecified atom stereocenters. The lowest BCUT2D eigenvalue weighted by molar-refractivity contribution is -0.169. The molecule has 0 saturated carbocycles. The third kappa shape index (κ3) is 8.50. The monoisotopic (exact) mass is 288 g/mol. The van der Waals surface area contributed by atoms with E-state index in [1.807, 2.05) is 0 Å². The van der Waals surface area contributed by atoms with Crippen molar-refractivity contribution in [2.75, 3.05) is 14.2 Å². The van der Waals surface area contributed by atoms with E-state index in [2.05, 4.69) is 16.4 Å². The molecule has 0 aromatic rings. The molecule has 0 saturated heterocycles. The summed E-state index contributed by atoms with van der Waals surface area (Å²) >= 11 is 0. The molecule has 20 heavy (non-hydrogen) atoms. The van der Waals surface area contributed by atoms with E-state index < -0.39 is 24.0 Å². The minimum atomic E-state index is -1.23. The fraction of sp³-hybridized carbons (Fsp3) is 0.786. The zero-order valence-electron chi connectivity index (χ0n) is 12.5. The molecule has 0 aliphatic rings. The van der Waals surface area contributed by atoms with Crippen LogP contribution >= 0.6 is 0 Å². The molecule has 0 aliphatic carbocycles. The molecule has 116 valence electrons. The minimum absolute atomic E-state index is 0.235. The number of methoxy groups -OCH3 is 2. The van der Waals surface area contributed by atoms with Crippen molar-refractivity contribution in [2.45, 2.75) is 58.0 Å². The molecule has 0 fully saturated rings. The Hall–Kier alpha value is -1.59. The van der Waals surface area contributed by atoms with Crippen LogP contribution in [-0.2, 0) is 28.6 Å². The lowest BCUT2D eigenvalue weighted by Crippen LogP contribution is -2.31. The number of ether oxygens (including phenoxy) is 3. The average Bonchev–Trinajstić information content (AvgIpc) is 2.45. The first-order valence-corrected chi connectivity index (χ1v) is 6.89. The highest BCUT2D eigenvalue weighted by molar-refractivity contribution is 5.84. The molecule has 6 nitrogen and oxygen atoms in total. The van der Waals surface area contributed by atoms with Gasteiger partial charge in [-0.25, -0.2) is 4.79 Å². The second-order valence-electron chi connectivity index (χ2n) is 4.45. The van der Waals surface area contributed by atoms with Crippen LogP contribution in [0.4, 0.5) is 0 Å². The van der Waals surface area contributed by atoms with Gasteiger partial charge in [0.15, 0.2) is 0 Å². The van der Waals surface area contributed by atoms with Gasteiger partial charge in [0.25, 0.3) is 0 Å². The van der Waals surface area contributed by atoms with Gasteiger partial charge in [-0.2, -0.15) is 0 Å². The van der Waals surface area contributed by atoms with Crippen molar-refractivity contribution in [1.29, 1.82) is 0 Å². The predicted molar refractivity (Wildman–Crippen MR) is 71.9 cm³/mol. The smallest absolute Gasteiger partial charge is 0.347 e. The fourth-order valence-electron chi connectivity index (χ4n) is 1.63. The summed E-state index contributed by atoms with van der Waals surface area (Å²) in [5.74, 6) is -1.88. The van der Waals surface area contributed by atoms with Crippen molar-refractivity contribution in [3.8, 4) is 0 Å². The standard InChI is InChI=1S/C14H24O6/c1-4-5-6-7-8-9-12(15)20-11(14(17)19-3)10-13(16)18-2/h11H,4-10H2,1-3H3. The second-order valence-corrected chi connectivity index (χ2v) is 4.45. The molecule has 0 aromatic carbocycles. The largest absolute Gasteiger partial charge is 0.469 e. The molecule has 0 spiro atoms. The van der Waals surface area contributed by atoms with Crippen molar-refractivity contribution in [2.24, 2.45) is 0 Å². The third-order valence-electron chi connectivity index (χ3n) is 2.80. The van der Waals surface area contributed by atoms with Gasteiger partial charge in [-0.3, -0.25) is 9.59 Å². The normalized spacial score (nSPS) is 11.6. The number of hydrogen-bond donors (Lipinski definition) is 0. The first-order chi connectivity index (χ1) is 9.54. The lowest BCUT2D eigenvalue weighted by atomic mass is 10.1. The van der Waals surface area contributed by atoms with E-state index in [4.69, 9.17) is 4.74 Å². The van der Waals surface area contributed by atoms with Crippen molar-refractivity contribution in [3.05, 3.63) is 0 Å². The quantitative estimate of drug-likeness (QED) is 0.347. The van der Waals surface area contributed by atoms with Crippen LogP contribution in [0.3, 0.4) is 0 Å². The predicted octanol–water partition coefficient (Wildman–Crippen LogP) is 1.99. The summed E-state index contributed by atoms with van der Waals surface area (Å²) in [5, 5.41) is 0. The van der Waals surface area contributed by atoms with Gasteiger partial charge < -0.3 is 14.2 Å². The zero-order valence-corrected chi connectivity index (χ0v) is 12.5. The molecule has 0 aliphatic heterocycles. The van der Waals surface area contributed by atoms with Gasteiger partial charge in [0.2, 0.25) is 6.10 Å². The molecule has 1 atom stereocenters. The van der Waals surface area contributed by atoms with Crippen LogP contribution in [0.5, 0.6) is 0 Å². The summed E-state index contributed by atoms with van der Waals surface area (Å²) in [6.45, 7) is 2.11. The zero-order chi connectivity index (χ0) is 15.4. The molecular weight excluding hydrogens is 264 g/mol. The van der Waals surface area contributed by atoms with Gasteiger partial charge in [-0.05, 0) is 6.42 Å². The maximum atomic E-state index is 11.6. The first-order valence-electron chi connectivity index (χ1n) is 6.89. The fourth-order valence-corrected chi connectivity index (χ4v) is 1.63. The Morgan fingerprint density at radius 1 is 0.900 bits per heavy atom. The SMILES string of the molecule is CCCCCCCC(=O)OC(CC(=O)OC)C(=O)OC. The van der Waals surface area contributed by atoms with Crippen molar-refractivity contribution in [3.63, 3.8) is 0 Å². The highest BCUT2D eigenvalue weighted by atomic mass is 16.6. The number of carbonyl (C=O) groups excluding carboxylic acids is 3. The molecule has 0 rings (SSSR count). The summed E-state index contributed by atoms with van der Waals surface area (Å²) in [5.41, 5.74) is 0. The average molecular weight is 288 g/mol. The van der Waals surface area contributed by atoms with Gasteiger partial charge in [-0.1, -0.05) is 32.6 Å². The van der Waals surface area contributed by atoms with Crippen molar-refractivity contribution >= 4 is 17.9 Å². The van der Waals surface area contributed by atoms with Crippen LogP contribution in [0.1, 0.15) is 51.9 Å². The minimum Gasteiger partial charge on any atom is -0.469 e. The van der Waals surface area contributed by atoms with Gasteiger partial charge in [-0.15, -0.1) is 0 Å². The van der Waals surface area contributed by atoms with E-state index in [-0.39, 0.29) is 12.8 Å². The van der Waals surface area contributed by atoms with Gasteiger partial charge in [0.05, 0.1) is 20.6 Å². The Morgan fingerprint density at radius 2 is 1.55 bits per heavy atom. The summed E-state index contributed by atoms with van der Waals surface area (Å²) in [6, 6.07) is 0. The van der Waals surface area contributed by atoms with Gasteiger partial charge in [0, 0.05) is 6.42 Å². The van der Waals surface area contributed by atoms with E-state index >= 15 is 0 Å². The first kappa shape index (κ1) is 18.4. The summed E-state index contributed by atoms with van der Waals surface area (Å²) in [7, 11) is 2.37. The number of esters is 3. The maximum Gasteiger partial charge on any atom is 0.347 e. The van der Waals surface area contributed by atoms with Crippen LogP contribution < -0.4 is 0 Å². The molecule has 0 aromatic heterocycles. The summed E-state index contributed by atoms with van der Waals surface area (Å²) in [6.07, 6.45) is 3.69. The Balaban J connectivity index is 4.12. The van der Waals surface area contributed by atoms with Gasteiger partial charge in [0.1, 0.15) is 0 Å². The molecule has 0 radical (unpaired) electrons. The van der Waals surface area contributed by atoms with Gasteiger partial charge >= 0.3 is 17.9 Å². The Bertz CT molecular complexity index is 313. The lowest BCUT2D eigenvalue weighted by Gasteiger charge is -2.14. The molecule has 0 N–H and O–H groups in total. The van der Waals surface area contributed by atoms with Crippen LogP contribution in [0.2, 0.25) is 0 Å². The number of unbranched alkanes of at least 4 members (excludes halogenated alkanes) is 4. The van der Waals surface area contributed by atoms with Crippen LogP contribution in [-0.4, -0.2) is 38.2 Å². The van der Waals surface area contributed by atoms with E-state index in [9.17, 15) is 14.4 Å². The molecule has 0 heterocycles. The number of carbonyl (C=O) groups is 3. The van der Waals surface area contributed by atoms with Crippen LogP contribution in [0, 0.1) is 0 Å². The van der Waals surface area contributed by atoms with E-state index in [0.29, 0.717) is 6.42 Å². The summed E-state index contributed by atoms with van der Waals surface area (Å²) in [4.78, 5) is 34.1. The topological polar surface area (TPSA) is 78.9 Å². The summed E-state index contributed by atoms with van der Waals surface area (Å²) < 4.78 is 13.9. The number of rotatable bonds is 10. The Kier molecular flexibility index (Phi) is 10.4. The van der Waals surface area contributed by atoms with Crippen LogP contribution in [0.15, 0.2) is 0 Å². The molecule has 0 amide bonds. The van der Waals surface area contributed by atoms with Crippen molar-refractivity contribution < 1.29 is 28.6 Å². The van der Waals surface area contributed by atoms with E-state index in [1.54, 1.807) is 0 Å². The Labute approximate surface area is 119 Å². The molecule has 0 bridgehead atoms. The van der Waals surface area contributed by atoms with Crippen LogP contribution in [0.25, 0.3) is 0 Å². The Morgan fingerprint density at radius 3 is 2.10 bits per heavy atom. The van der Waals surface area contributed by atoms with E-state index in [1.165, 1.54) is 14.2 Å². The molecular formula is C14H24O6. The number of hydrogen-bond acceptors (Lipinski definition) is 6. The highest BCUT2D eigenvalue weighted by Gasteiger charge is 2.27. The second kappa shape index (κ2) is 11.3. The molecule has 6 heteroatoms. The highest BCUT2D eigenvalue weighted by Crippen LogP contribution is 2.09. The maximum absolute atomic E-state index is 11.6. The van der Waals surface area contributed by atoms with Crippen molar-refractivity contribution in [1.82, 2.24) is 0 Å². The third-order valence-corrected chi connectivity index (χ3v) is 2.80. The van der Waals surface area contributed by atoms with E-state index in [0.717, 1.165) is 25.7 Å².